The first-order valence-electron chi connectivity index (χ1n) is 8.36. The van der Waals surface area contributed by atoms with Crippen molar-refractivity contribution in [3.63, 3.8) is 0 Å². The van der Waals surface area contributed by atoms with Crippen molar-refractivity contribution in [3.8, 4) is 5.69 Å². The van der Waals surface area contributed by atoms with Gasteiger partial charge in [-0.1, -0.05) is 25.1 Å². The number of guanidine groups is 1. The van der Waals surface area contributed by atoms with Crippen LogP contribution in [0.15, 0.2) is 47.7 Å². The lowest BCUT2D eigenvalue weighted by atomic mass is 10.00. The van der Waals surface area contributed by atoms with Gasteiger partial charge in [0.25, 0.3) is 0 Å². The number of nitrogens with two attached hydrogens (primary N) is 1. The smallest absolute Gasteiger partial charge is 0.191 e. The summed E-state index contributed by atoms with van der Waals surface area (Å²) < 4.78 is 1.90. The van der Waals surface area contributed by atoms with Crippen LogP contribution >= 0.6 is 0 Å². The van der Waals surface area contributed by atoms with Crippen LogP contribution in [0.2, 0.25) is 0 Å². The summed E-state index contributed by atoms with van der Waals surface area (Å²) in [6.45, 7) is 5.07. The average Bonchev–Trinajstić information content (AvgIpc) is 3.05. The molecule has 3 rings (SSSR count). The zero-order valence-corrected chi connectivity index (χ0v) is 13.7. The second kappa shape index (κ2) is 7.31. The average molecular weight is 311 g/mol. The van der Waals surface area contributed by atoms with E-state index in [0.717, 1.165) is 31.1 Å². The second-order valence-electron chi connectivity index (χ2n) is 6.29. The molecule has 23 heavy (non-hydrogen) atoms. The molecule has 122 valence electrons. The van der Waals surface area contributed by atoms with Gasteiger partial charge in [0.05, 0.1) is 11.9 Å². The van der Waals surface area contributed by atoms with Crippen LogP contribution < -0.4 is 5.73 Å². The van der Waals surface area contributed by atoms with Crippen molar-refractivity contribution in [3.05, 3.63) is 48.3 Å². The molecule has 0 bridgehead atoms. The van der Waals surface area contributed by atoms with E-state index in [1.807, 2.05) is 41.2 Å². The molecule has 0 atom stereocenters. The molecule has 1 fully saturated rings. The minimum Gasteiger partial charge on any atom is -0.370 e. The van der Waals surface area contributed by atoms with Crippen LogP contribution in [0.25, 0.3) is 5.69 Å². The highest BCUT2D eigenvalue weighted by Gasteiger charge is 2.16. The van der Waals surface area contributed by atoms with Crippen molar-refractivity contribution in [1.82, 2.24) is 14.7 Å². The fraction of sp³-hybridized carbons (Fsp3) is 0.444. The quantitative estimate of drug-likeness (QED) is 0.697. The maximum Gasteiger partial charge on any atom is 0.191 e. The van der Waals surface area contributed by atoms with Gasteiger partial charge in [-0.3, -0.25) is 4.99 Å². The summed E-state index contributed by atoms with van der Waals surface area (Å²) in [6, 6.07) is 10.1. The van der Waals surface area contributed by atoms with E-state index in [2.05, 4.69) is 28.1 Å². The van der Waals surface area contributed by atoms with E-state index >= 15 is 0 Å². The van der Waals surface area contributed by atoms with Crippen molar-refractivity contribution in [2.24, 2.45) is 16.6 Å². The third-order valence-electron chi connectivity index (χ3n) is 4.44. The van der Waals surface area contributed by atoms with Crippen molar-refractivity contribution in [1.29, 1.82) is 0 Å². The van der Waals surface area contributed by atoms with Crippen molar-refractivity contribution >= 4 is 5.96 Å². The molecule has 2 aromatic rings. The van der Waals surface area contributed by atoms with Crippen LogP contribution in [0, 0.1) is 5.92 Å². The zero-order valence-electron chi connectivity index (χ0n) is 13.7. The first kappa shape index (κ1) is 15.6. The third kappa shape index (κ3) is 4.12. The number of piperidine rings is 1. The molecule has 1 aliphatic heterocycles. The molecule has 0 amide bonds. The number of aliphatic imine (C=N–C) groups is 1. The number of nitrogens with zero attached hydrogens (tertiary/aromatic N) is 4. The molecule has 2 N–H and O–H groups in total. The molecule has 5 heteroatoms. The molecule has 5 nitrogen and oxygen atoms in total. The molecule has 2 heterocycles. The summed E-state index contributed by atoms with van der Waals surface area (Å²) >= 11 is 0. The zero-order chi connectivity index (χ0) is 16.1. The topological polar surface area (TPSA) is 59.4 Å². The minimum absolute atomic E-state index is 0.687. The lowest BCUT2D eigenvalue weighted by molar-refractivity contribution is 0.277. The summed E-state index contributed by atoms with van der Waals surface area (Å²) in [6.07, 6.45) is 7.24. The van der Waals surface area contributed by atoms with Gasteiger partial charge in [0.2, 0.25) is 0 Å². The Hall–Kier alpha value is -2.30. The van der Waals surface area contributed by atoms with Crippen LogP contribution in [0.1, 0.15) is 25.3 Å². The van der Waals surface area contributed by atoms with Crippen LogP contribution in [-0.4, -0.2) is 40.3 Å². The van der Waals surface area contributed by atoms with E-state index in [1.165, 1.54) is 18.4 Å². The fourth-order valence-corrected chi connectivity index (χ4v) is 2.85. The van der Waals surface area contributed by atoms with Gasteiger partial charge in [-0.2, -0.15) is 5.10 Å². The van der Waals surface area contributed by atoms with Crippen molar-refractivity contribution in [2.45, 2.75) is 26.2 Å². The number of aromatic nitrogens is 2. The molecule has 0 unspecified atom stereocenters. The Morgan fingerprint density at radius 1 is 1.26 bits per heavy atom. The van der Waals surface area contributed by atoms with E-state index in [1.54, 1.807) is 0 Å². The third-order valence-corrected chi connectivity index (χ3v) is 4.44. The Labute approximate surface area is 137 Å². The number of para-hydroxylation sites is 1. The molecule has 1 aliphatic rings. The van der Waals surface area contributed by atoms with Gasteiger partial charge in [0.15, 0.2) is 5.96 Å². The summed E-state index contributed by atoms with van der Waals surface area (Å²) in [7, 11) is 0. The Morgan fingerprint density at radius 3 is 2.74 bits per heavy atom. The van der Waals surface area contributed by atoms with Crippen LogP contribution in [-0.2, 0) is 6.42 Å². The molecule has 1 saturated heterocycles. The van der Waals surface area contributed by atoms with E-state index in [0.29, 0.717) is 12.5 Å². The van der Waals surface area contributed by atoms with Crippen molar-refractivity contribution < 1.29 is 0 Å². The van der Waals surface area contributed by atoms with Gasteiger partial charge in [-0.15, -0.1) is 0 Å². The summed E-state index contributed by atoms with van der Waals surface area (Å²) in [5, 5.41) is 4.41. The van der Waals surface area contributed by atoms with Gasteiger partial charge >= 0.3 is 0 Å². The van der Waals surface area contributed by atoms with Gasteiger partial charge < -0.3 is 10.6 Å². The maximum atomic E-state index is 6.11. The van der Waals surface area contributed by atoms with Crippen LogP contribution in [0.3, 0.4) is 0 Å². The highest BCUT2D eigenvalue weighted by Crippen LogP contribution is 2.15. The lowest BCUT2D eigenvalue weighted by Crippen LogP contribution is -2.42. The Kier molecular flexibility index (Phi) is 4.95. The molecular weight excluding hydrogens is 286 g/mol. The van der Waals surface area contributed by atoms with Gasteiger partial charge in [-0.05, 0) is 42.9 Å². The Morgan fingerprint density at radius 2 is 2.00 bits per heavy atom. The van der Waals surface area contributed by atoms with E-state index < -0.39 is 0 Å². The Bertz CT molecular complexity index is 638. The first-order valence-corrected chi connectivity index (χ1v) is 8.36. The Balaban J connectivity index is 1.53. The summed E-state index contributed by atoms with van der Waals surface area (Å²) in [5.74, 6) is 1.50. The number of hydrogen-bond acceptors (Lipinski definition) is 2. The molecule has 0 spiro atoms. The van der Waals surface area contributed by atoms with Crippen molar-refractivity contribution in [2.75, 3.05) is 19.6 Å². The molecular formula is C18H25N5. The van der Waals surface area contributed by atoms with E-state index in [9.17, 15) is 0 Å². The number of hydrogen-bond donors (Lipinski definition) is 1. The molecule has 1 aromatic carbocycles. The SMILES string of the molecule is CC1CCN(C(N)=NCCc2cnn(-c3ccccc3)c2)CC1. The van der Waals surface area contributed by atoms with Crippen LogP contribution in [0.4, 0.5) is 0 Å². The largest absolute Gasteiger partial charge is 0.370 e. The number of likely N-dealkylation sites (tertiary alicyclic amines) is 1. The van der Waals surface area contributed by atoms with E-state index in [-0.39, 0.29) is 0 Å². The molecule has 0 aliphatic carbocycles. The van der Waals surface area contributed by atoms with Crippen LogP contribution in [0.5, 0.6) is 0 Å². The lowest BCUT2D eigenvalue weighted by Gasteiger charge is -2.31. The number of benzene rings is 1. The number of rotatable bonds is 4. The summed E-state index contributed by atoms with van der Waals surface area (Å²) in [5.41, 5.74) is 8.36. The van der Waals surface area contributed by atoms with Gasteiger partial charge in [0, 0.05) is 25.8 Å². The standard InChI is InChI=1S/C18H25N5/c1-15-8-11-22(12-9-15)18(19)20-10-7-16-13-21-23(14-16)17-5-3-2-4-6-17/h2-6,13-15H,7-12H2,1H3,(H2,19,20). The predicted molar refractivity (Wildman–Crippen MR) is 93.7 cm³/mol. The van der Waals surface area contributed by atoms with Gasteiger partial charge in [-0.25, -0.2) is 4.68 Å². The highest BCUT2D eigenvalue weighted by molar-refractivity contribution is 5.78. The minimum atomic E-state index is 0.687. The molecule has 0 radical (unpaired) electrons. The monoisotopic (exact) mass is 311 g/mol. The van der Waals surface area contributed by atoms with Gasteiger partial charge in [0.1, 0.15) is 0 Å². The first-order chi connectivity index (χ1) is 11.2. The van der Waals surface area contributed by atoms with E-state index in [4.69, 9.17) is 5.73 Å². The highest BCUT2D eigenvalue weighted by atomic mass is 15.3. The summed E-state index contributed by atoms with van der Waals surface area (Å²) in [4.78, 5) is 6.74. The second-order valence-corrected chi connectivity index (χ2v) is 6.29. The maximum absolute atomic E-state index is 6.11. The molecule has 0 saturated carbocycles. The predicted octanol–water partition coefficient (Wildman–Crippen LogP) is 2.46. The normalized spacial score (nSPS) is 16.7. The molecule has 1 aromatic heterocycles. The fourth-order valence-electron chi connectivity index (χ4n) is 2.85.